The molecule has 1 aromatic carbocycles. The molecule has 1 aromatic rings. The molecule has 1 amide bonds. The Morgan fingerprint density at radius 3 is 2.48 bits per heavy atom. The molecule has 1 fully saturated rings. The summed E-state index contributed by atoms with van der Waals surface area (Å²) in [5, 5.41) is 13.9. The van der Waals surface area contributed by atoms with E-state index in [1.54, 1.807) is 18.2 Å². The zero-order valence-electron chi connectivity index (χ0n) is 12.4. The van der Waals surface area contributed by atoms with Crippen molar-refractivity contribution < 1.29 is 9.90 Å². The van der Waals surface area contributed by atoms with Gasteiger partial charge < -0.3 is 10.4 Å². The highest BCUT2D eigenvalue weighted by atomic mass is 35.5. The van der Waals surface area contributed by atoms with Gasteiger partial charge in [-0.05, 0) is 43.2 Å². The maximum absolute atomic E-state index is 12.2. The fourth-order valence-corrected chi connectivity index (χ4v) is 2.97. The lowest BCUT2D eigenvalue weighted by Gasteiger charge is -2.40. The molecule has 0 heterocycles. The Bertz CT molecular complexity index is 533. The fraction of sp³-hybridized carbons (Fsp3) is 0.562. The van der Waals surface area contributed by atoms with Crippen LogP contribution in [0.15, 0.2) is 18.2 Å². The highest BCUT2D eigenvalue weighted by molar-refractivity contribution is 6.43. The van der Waals surface area contributed by atoms with Gasteiger partial charge in [-0.3, -0.25) is 4.79 Å². The first kappa shape index (κ1) is 16.6. The summed E-state index contributed by atoms with van der Waals surface area (Å²) in [7, 11) is 0. The van der Waals surface area contributed by atoms with Crippen molar-refractivity contribution in [2.75, 3.05) is 6.54 Å². The molecule has 1 saturated carbocycles. The number of aliphatic hydroxyl groups is 1. The number of carbonyl (C=O) groups is 1. The minimum atomic E-state index is -0.823. The molecule has 0 aliphatic heterocycles. The number of hydrogen-bond acceptors (Lipinski definition) is 2. The normalized spacial score (nSPS) is 20.0. The molecule has 21 heavy (non-hydrogen) atoms. The van der Waals surface area contributed by atoms with E-state index in [1.807, 2.05) is 0 Å². The van der Waals surface area contributed by atoms with E-state index in [4.69, 9.17) is 23.2 Å². The highest BCUT2D eigenvalue weighted by Gasteiger charge is 2.36. The van der Waals surface area contributed by atoms with Crippen molar-refractivity contribution in [3.63, 3.8) is 0 Å². The minimum Gasteiger partial charge on any atom is -0.388 e. The molecule has 116 valence electrons. The highest BCUT2D eigenvalue weighted by Crippen LogP contribution is 2.39. The van der Waals surface area contributed by atoms with Crippen molar-refractivity contribution in [2.45, 2.75) is 45.1 Å². The molecule has 0 unspecified atom stereocenters. The number of amides is 1. The molecule has 0 radical (unpaired) electrons. The summed E-state index contributed by atoms with van der Waals surface area (Å²) in [4.78, 5) is 12.2. The predicted octanol–water partition coefficient (Wildman–Crippen LogP) is 4.05. The summed E-state index contributed by atoms with van der Waals surface area (Å²) < 4.78 is 0. The molecular formula is C16H21Cl2NO2. The van der Waals surface area contributed by atoms with Gasteiger partial charge in [0.25, 0.3) is 5.91 Å². The van der Waals surface area contributed by atoms with Crippen LogP contribution in [-0.2, 0) is 0 Å². The van der Waals surface area contributed by atoms with Crippen LogP contribution in [0.4, 0.5) is 0 Å². The van der Waals surface area contributed by atoms with Crippen molar-refractivity contribution in [3.8, 4) is 0 Å². The Morgan fingerprint density at radius 1 is 1.24 bits per heavy atom. The summed E-state index contributed by atoms with van der Waals surface area (Å²) in [6.07, 6.45) is 3.31. The predicted molar refractivity (Wildman–Crippen MR) is 86.0 cm³/mol. The van der Waals surface area contributed by atoms with E-state index in [1.165, 1.54) is 0 Å². The number of hydrogen-bond donors (Lipinski definition) is 2. The third-order valence-electron chi connectivity index (χ3n) is 4.31. The van der Waals surface area contributed by atoms with Crippen molar-refractivity contribution in [1.29, 1.82) is 0 Å². The van der Waals surface area contributed by atoms with Gasteiger partial charge in [-0.25, -0.2) is 0 Å². The van der Waals surface area contributed by atoms with Crippen molar-refractivity contribution in [1.82, 2.24) is 5.32 Å². The first-order valence-electron chi connectivity index (χ1n) is 7.17. The second-order valence-electron chi connectivity index (χ2n) is 6.67. The first-order valence-corrected chi connectivity index (χ1v) is 7.93. The molecule has 2 N–H and O–H groups in total. The molecule has 3 nitrogen and oxygen atoms in total. The SMILES string of the molecule is CC1(C)CCC(O)(CNC(=O)c2cccc(Cl)c2Cl)CC1. The molecule has 0 saturated heterocycles. The lowest BCUT2D eigenvalue weighted by atomic mass is 9.71. The van der Waals surface area contributed by atoms with E-state index in [-0.39, 0.29) is 22.9 Å². The quantitative estimate of drug-likeness (QED) is 0.878. The second-order valence-corrected chi connectivity index (χ2v) is 7.46. The van der Waals surface area contributed by atoms with Crippen LogP contribution in [-0.4, -0.2) is 23.2 Å². The summed E-state index contributed by atoms with van der Waals surface area (Å²) >= 11 is 11.9. The van der Waals surface area contributed by atoms with Gasteiger partial charge in [-0.2, -0.15) is 0 Å². The van der Waals surface area contributed by atoms with Gasteiger partial charge in [-0.1, -0.05) is 43.1 Å². The van der Waals surface area contributed by atoms with Gasteiger partial charge in [-0.15, -0.1) is 0 Å². The first-order chi connectivity index (χ1) is 9.72. The minimum absolute atomic E-state index is 0.241. The largest absolute Gasteiger partial charge is 0.388 e. The number of halogens is 2. The molecule has 0 atom stereocenters. The molecular weight excluding hydrogens is 309 g/mol. The van der Waals surface area contributed by atoms with E-state index in [2.05, 4.69) is 19.2 Å². The molecule has 0 spiro atoms. The Morgan fingerprint density at radius 2 is 1.86 bits per heavy atom. The molecule has 2 rings (SSSR count). The summed E-state index contributed by atoms with van der Waals surface area (Å²) in [5.41, 5.74) is -0.216. The molecule has 0 bridgehead atoms. The van der Waals surface area contributed by atoms with E-state index in [9.17, 15) is 9.90 Å². The van der Waals surface area contributed by atoms with Crippen LogP contribution in [0, 0.1) is 5.41 Å². The van der Waals surface area contributed by atoms with Crippen LogP contribution in [0.2, 0.25) is 10.0 Å². The lowest BCUT2D eigenvalue weighted by molar-refractivity contribution is -0.0233. The van der Waals surface area contributed by atoms with Crippen LogP contribution >= 0.6 is 23.2 Å². The summed E-state index contributed by atoms with van der Waals surface area (Å²) in [6, 6.07) is 4.94. The smallest absolute Gasteiger partial charge is 0.252 e. The van der Waals surface area contributed by atoms with Crippen LogP contribution in [0.3, 0.4) is 0 Å². The molecule has 5 heteroatoms. The molecule has 0 aromatic heterocycles. The fourth-order valence-electron chi connectivity index (χ4n) is 2.59. The van der Waals surface area contributed by atoms with Crippen LogP contribution < -0.4 is 5.32 Å². The Kier molecular flexibility index (Phi) is 4.86. The van der Waals surface area contributed by atoms with Crippen LogP contribution in [0.1, 0.15) is 49.9 Å². The van der Waals surface area contributed by atoms with Gasteiger partial charge in [0, 0.05) is 6.54 Å². The number of carbonyl (C=O) groups excluding carboxylic acids is 1. The van der Waals surface area contributed by atoms with Crippen molar-refractivity contribution >= 4 is 29.1 Å². The Hall–Kier alpha value is -0.770. The van der Waals surface area contributed by atoms with Gasteiger partial charge in [0.1, 0.15) is 0 Å². The number of nitrogens with one attached hydrogen (secondary N) is 1. The number of benzene rings is 1. The van der Waals surface area contributed by atoms with Gasteiger partial charge in [0.2, 0.25) is 0 Å². The van der Waals surface area contributed by atoms with E-state index < -0.39 is 5.60 Å². The molecule has 1 aliphatic rings. The molecule has 1 aliphatic carbocycles. The topological polar surface area (TPSA) is 49.3 Å². The van der Waals surface area contributed by atoms with E-state index in [0.717, 1.165) is 12.8 Å². The van der Waals surface area contributed by atoms with Gasteiger partial charge in [0.15, 0.2) is 0 Å². The zero-order valence-corrected chi connectivity index (χ0v) is 13.9. The third kappa shape index (κ3) is 4.12. The number of rotatable bonds is 3. The van der Waals surface area contributed by atoms with E-state index >= 15 is 0 Å². The van der Waals surface area contributed by atoms with Crippen molar-refractivity contribution in [2.24, 2.45) is 5.41 Å². The van der Waals surface area contributed by atoms with Crippen LogP contribution in [0.5, 0.6) is 0 Å². The van der Waals surface area contributed by atoms with Crippen molar-refractivity contribution in [3.05, 3.63) is 33.8 Å². The zero-order chi connectivity index (χ0) is 15.7. The monoisotopic (exact) mass is 329 g/mol. The van der Waals surface area contributed by atoms with Gasteiger partial charge in [0.05, 0.1) is 21.2 Å². The lowest BCUT2D eigenvalue weighted by Crippen LogP contribution is -2.46. The Labute approximate surface area is 135 Å². The second kappa shape index (κ2) is 6.15. The average Bonchev–Trinajstić information content (AvgIpc) is 2.43. The maximum atomic E-state index is 12.2. The Balaban J connectivity index is 1.97. The maximum Gasteiger partial charge on any atom is 0.252 e. The van der Waals surface area contributed by atoms with Gasteiger partial charge >= 0.3 is 0 Å². The standard InChI is InChI=1S/C16H21Cl2NO2/c1-15(2)6-8-16(21,9-7-15)10-19-14(20)11-4-3-5-12(17)13(11)18/h3-5,21H,6-10H2,1-2H3,(H,19,20). The summed E-state index contributed by atoms with van der Waals surface area (Å²) in [5.74, 6) is -0.305. The third-order valence-corrected chi connectivity index (χ3v) is 5.13. The average molecular weight is 330 g/mol. The van der Waals surface area contributed by atoms with Crippen LogP contribution in [0.25, 0.3) is 0 Å². The summed E-state index contributed by atoms with van der Waals surface area (Å²) in [6.45, 7) is 4.65. The van der Waals surface area contributed by atoms with E-state index in [0.29, 0.717) is 23.4 Å².